The highest BCUT2D eigenvalue weighted by Crippen LogP contribution is 2.22. The van der Waals surface area contributed by atoms with Crippen molar-refractivity contribution in [2.75, 3.05) is 18.9 Å². The molecule has 0 heterocycles. The molecule has 1 amide bonds. The van der Waals surface area contributed by atoms with E-state index in [4.69, 9.17) is 34.8 Å². The summed E-state index contributed by atoms with van der Waals surface area (Å²) in [6, 6.07) is 9.31. The van der Waals surface area contributed by atoms with Crippen LogP contribution in [0, 0.1) is 5.82 Å². The molecule has 0 aliphatic rings. The summed E-state index contributed by atoms with van der Waals surface area (Å²) < 4.78 is 13.8. The summed E-state index contributed by atoms with van der Waals surface area (Å²) in [5.74, 6) is -0.604. The topological polar surface area (TPSA) is 33.5 Å². The molecule has 7 heteroatoms. The monoisotopic (exact) mass is 375 g/mol. The number of quaternary nitrogens is 1. The highest BCUT2D eigenvalue weighted by atomic mass is 35.5. The van der Waals surface area contributed by atoms with Gasteiger partial charge in [0.2, 0.25) is 0 Å². The summed E-state index contributed by atoms with van der Waals surface area (Å²) in [6.45, 7) is 0.448. The van der Waals surface area contributed by atoms with Crippen LogP contribution in [0.2, 0.25) is 15.1 Å². The predicted octanol–water partition coefficient (Wildman–Crippen LogP) is 3.44. The number of hydrogen-bond acceptors (Lipinski definition) is 1. The van der Waals surface area contributed by atoms with Crippen LogP contribution >= 0.6 is 34.8 Å². The van der Waals surface area contributed by atoms with Gasteiger partial charge in [0.05, 0.1) is 17.6 Å². The molecular weight excluding hydrogens is 362 g/mol. The van der Waals surface area contributed by atoms with Crippen molar-refractivity contribution in [1.29, 1.82) is 0 Å². The van der Waals surface area contributed by atoms with E-state index in [0.717, 1.165) is 4.90 Å². The Labute approximate surface area is 148 Å². The second kappa shape index (κ2) is 7.97. The zero-order valence-corrected chi connectivity index (χ0v) is 14.6. The average molecular weight is 377 g/mol. The van der Waals surface area contributed by atoms with Crippen molar-refractivity contribution in [2.24, 2.45) is 0 Å². The fourth-order valence-electron chi connectivity index (χ4n) is 2.17. The zero-order valence-electron chi connectivity index (χ0n) is 12.3. The van der Waals surface area contributed by atoms with Gasteiger partial charge in [-0.3, -0.25) is 4.79 Å². The summed E-state index contributed by atoms with van der Waals surface area (Å²) in [5.41, 5.74) is 0.912. The summed E-state index contributed by atoms with van der Waals surface area (Å²) in [7, 11) is 1.79. The summed E-state index contributed by atoms with van der Waals surface area (Å²) >= 11 is 17.8. The van der Waals surface area contributed by atoms with Gasteiger partial charge in [-0.05, 0) is 30.3 Å². The van der Waals surface area contributed by atoms with Gasteiger partial charge in [0.15, 0.2) is 6.54 Å². The molecule has 1 unspecified atom stereocenters. The van der Waals surface area contributed by atoms with Crippen molar-refractivity contribution in [2.45, 2.75) is 6.54 Å². The highest BCUT2D eigenvalue weighted by molar-refractivity contribution is 6.35. The van der Waals surface area contributed by atoms with Crippen LogP contribution in [0.25, 0.3) is 0 Å². The van der Waals surface area contributed by atoms with E-state index < -0.39 is 0 Å². The van der Waals surface area contributed by atoms with Gasteiger partial charge >= 0.3 is 0 Å². The number of carbonyl (C=O) groups excluding carboxylic acids is 1. The van der Waals surface area contributed by atoms with Crippen LogP contribution in [-0.4, -0.2) is 19.5 Å². The van der Waals surface area contributed by atoms with Crippen molar-refractivity contribution in [1.82, 2.24) is 0 Å². The third-order valence-electron chi connectivity index (χ3n) is 3.15. The summed E-state index contributed by atoms with van der Waals surface area (Å²) in [4.78, 5) is 12.9. The van der Waals surface area contributed by atoms with E-state index in [2.05, 4.69) is 5.32 Å². The summed E-state index contributed by atoms with van der Waals surface area (Å²) in [5, 5.41) is 3.94. The standard InChI is InChI=1S/C16H14Cl3FN2O/c1-22(8-13-14(19)3-2-4-15(13)20)9-16(23)21-12-6-10(17)5-11(18)7-12/h2-7H,8-9H2,1H3,(H,21,23)/p+1. The van der Waals surface area contributed by atoms with E-state index in [1.807, 2.05) is 0 Å². The molecule has 0 aliphatic carbocycles. The van der Waals surface area contributed by atoms with Crippen LogP contribution in [0.5, 0.6) is 0 Å². The normalized spacial score (nSPS) is 12.0. The Morgan fingerprint density at radius 1 is 1.17 bits per heavy atom. The van der Waals surface area contributed by atoms with Crippen LogP contribution in [0.15, 0.2) is 36.4 Å². The van der Waals surface area contributed by atoms with E-state index in [-0.39, 0.29) is 18.3 Å². The second-order valence-corrected chi connectivity index (χ2v) is 6.50. The molecule has 0 aliphatic heterocycles. The van der Waals surface area contributed by atoms with E-state index >= 15 is 0 Å². The molecule has 2 rings (SSSR count). The smallest absolute Gasteiger partial charge is 0.279 e. The van der Waals surface area contributed by atoms with Gasteiger partial charge in [0.25, 0.3) is 5.91 Å². The van der Waals surface area contributed by atoms with Crippen LogP contribution in [0.3, 0.4) is 0 Å². The lowest BCUT2D eigenvalue weighted by Crippen LogP contribution is -3.08. The van der Waals surface area contributed by atoms with Crippen LogP contribution in [-0.2, 0) is 11.3 Å². The summed E-state index contributed by atoms with van der Waals surface area (Å²) in [6.07, 6.45) is 0. The Morgan fingerprint density at radius 3 is 2.43 bits per heavy atom. The number of halogens is 4. The van der Waals surface area contributed by atoms with Crippen molar-refractivity contribution in [3.63, 3.8) is 0 Å². The number of amides is 1. The number of nitrogens with one attached hydrogen (secondary N) is 2. The maximum Gasteiger partial charge on any atom is 0.279 e. The van der Waals surface area contributed by atoms with Gasteiger partial charge < -0.3 is 10.2 Å². The first-order chi connectivity index (χ1) is 10.8. The largest absolute Gasteiger partial charge is 0.326 e. The quantitative estimate of drug-likeness (QED) is 0.823. The number of hydrogen-bond donors (Lipinski definition) is 2. The maximum absolute atomic E-state index is 13.8. The average Bonchev–Trinajstić information content (AvgIpc) is 2.41. The Bertz CT molecular complexity index is 684. The zero-order chi connectivity index (χ0) is 17.0. The molecule has 2 N–H and O–H groups in total. The third-order valence-corrected chi connectivity index (χ3v) is 3.94. The molecule has 0 saturated heterocycles. The molecule has 23 heavy (non-hydrogen) atoms. The van der Waals surface area contributed by atoms with E-state index in [1.54, 1.807) is 37.4 Å². The molecule has 2 aromatic rings. The Morgan fingerprint density at radius 2 is 1.83 bits per heavy atom. The fourth-order valence-corrected chi connectivity index (χ4v) is 2.93. The number of rotatable bonds is 5. The molecule has 0 fully saturated rings. The van der Waals surface area contributed by atoms with Crippen molar-refractivity contribution >= 4 is 46.4 Å². The maximum atomic E-state index is 13.8. The molecule has 1 atom stereocenters. The minimum Gasteiger partial charge on any atom is -0.326 e. The number of benzene rings is 2. The molecule has 0 bridgehead atoms. The SMILES string of the molecule is C[NH+](CC(=O)Nc1cc(Cl)cc(Cl)c1)Cc1c(F)cccc1Cl. The van der Waals surface area contributed by atoms with Crippen molar-refractivity contribution in [3.8, 4) is 0 Å². The van der Waals surface area contributed by atoms with Crippen molar-refractivity contribution in [3.05, 3.63) is 62.8 Å². The van der Waals surface area contributed by atoms with Gasteiger partial charge in [0.1, 0.15) is 12.4 Å². The number of anilines is 1. The fraction of sp³-hybridized carbons (Fsp3) is 0.188. The van der Waals surface area contributed by atoms with Gasteiger partial charge in [0, 0.05) is 15.7 Å². The van der Waals surface area contributed by atoms with Gasteiger partial charge in [-0.1, -0.05) is 40.9 Å². The molecular formula is C16H15Cl3FN2O+. The molecule has 0 aromatic heterocycles. The number of carbonyl (C=O) groups is 1. The van der Waals surface area contributed by atoms with Crippen LogP contribution in [0.1, 0.15) is 5.56 Å². The van der Waals surface area contributed by atoms with Crippen LogP contribution < -0.4 is 10.2 Å². The first-order valence-electron chi connectivity index (χ1n) is 6.85. The minimum absolute atomic E-state index is 0.148. The first kappa shape index (κ1) is 18.0. The lowest BCUT2D eigenvalue weighted by molar-refractivity contribution is -0.885. The molecule has 0 spiro atoms. The minimum atomic E-state index is -0.376. The third kappa shape index (κ3) is 5.36. The predicted molar refractivity (Wildman–Crippen MR) is 92.0 cm³/mol. The lowest BCUT2D eigenvalue weighted by Gasteiger charge is -2.15. The molecule has 122 valence electrons. The molecule has 2 aromatic carbocycles. The first-order valence-corrected chi connectivity index (χ1v) is 7.98. The molecule has 0 radical (unpaired) electrons. The van der Waals surface area contributed by atoms with Crippen molar-refractivity contribution < 1.29 is 14.1 Å². The lowest BCUT2D eigenvalue weighted by atomic mass is 10.2. The van der Waals surface area contributed by atoms with E-state index in [1.165, 1.54) is 6.07 Å². The number of likely N-dealkylation sites (N-methyl/N-ethyl adjacent to an activating group) is 1. The van der Waals surface area contributed by atoms with Gasteiger partial charge in [-0.15, -0.1) is 0 Å². The van der Waals surface area contributed by atoms with Gasteiger partial charge in [-0.25, -0.2) is 4.39 Å². The van der Waals surface area contributed by atoms with E-state index in [9.17, 15) is 9.18 Å². The Hall–Kier alpha value is -1.33. The van der Waals surface area contributed by atoms with Crippen LogP contribution in [0.4, 0.5) is 10.1 Å². The second-order valence-electron chi connectivity index (χ2n) is 5.22. The highest BCUT2D eigenvalue weighted by Gasteiger charge is 2.15. The van der Waals surface area contributed by atoms with E-state index in [0.29, 0.717) is 32.9 Å². The molecule has 3 nitrogen and oxygen atoms in total. The molecule has 0 saturated carbocycles. The Balaban J connectivity index is 1.97. The Kier molecular flexibility index (Phi) is 6.25. The van der Waals surface area contributed by atoms with Gasteiger partial charge in [-0.2, -0.15) is 0 Å².